The molecule has 0 spiro atoms. The Hall–Kier alpha value is -3.07. The van der Waals surface area contributed by atoms with Crippen LogP contribution in [0.4, 0.5) is 0 Å². The Morgan fingerprint density at radius 3 is 2.22 bits per heavy atom. The van der Waals surface area contributed by atoms with Gasteiger partial charge in [0.25, 0.3) is 0 Å². The molecule has 1 aliphatic rings. The molecule has 0 bridgehead atoms. The van der Waals surface area contributed by atoms with E-state index in [1.165, 1.54) is 22.3 Å². The third kappa shape index (κ3) is 3.72. The maximum atomic E-state index is 12.2. The van der Waals surface area contributed by atoms with Gasteiger partial charge in [-0.05, 0) is 52.8 Å². The molecule has 27 heavy (non-hydrogen) atoms. The minimum Gasteiger partial charge on any atom is -0.508 e. The third-order valence-corrected chi connectivity index (χ3v) is 5.13. The standard InChI is InChI=1S/C24H22O3/c25-18-9-5-7-17(15-18)8-6-14-24(26)27-16-23-21-12-3-1-10-19(21)20-11-2-4-13-22(20)23/h1-5,7,9-13,15,23,25H,6,8,14,16H2. The molecule has 4 rings (SSSR count). The molecule has 0 heterocycles. The van der Waals surface area contributed by atoms with Crippen LogP contribution >= 0.6 is 0 Å². The number of esters is 1. The maximum Gasteiger partial charge on any atom is 0.305 e. The summed E-state index contributed by atoms with van der Waals surface area (Å²) in [7, 11) is 0. The quantitative estimate of drug-likeness (QED) is 0.626. The number of aryl methyl sites for hydroxylation is 1. The zero-order chi connectivity index (χ0) is 18.6. The number of phenolic OH excluding ortho intramolecular Hbond substituents is 1. The Labute approximate surface area is 159 Å². The molecule has 0 radical (unpaired) electrons. The van der Waals surface area contributed by atoms with Gasteiger partial charge in [-0.25, -0.2) is 0 Å². The molecule has 3 aromatic carbocycles. The molecule has 3 heteroatoms. The van der Waals surface area contributed by atoms with Gasteiger partial charge in [0.05, 0.1) is 0 Å². The van der Waals surface area contributed by atoms with Gasteiger partial charge in [-0.1, -0.05) is 60.7 Å². The summed E-state index contributed by atoms with van der Waals surface area (Å²) in [5, 5.41) is 9.50. The fourth-order valence-corrected chi connectivity index (χ4v) is 3.84. The van der Waals surface area contributed by atoms with Gasteiger partial charge in [0.15, 0.2) is 0 Å². The van der Waals surface area contributed by atoms with E-state index in [0.29, 0.717) is 19.4 Å². The minimum atomic E-state index is -0.169. The maximum absolute atomic E-state index is 12.2. The number of ether oxygens (including phenoxy) is 1. The van der Waals surface area contributed by atoms with E-state index < -0.39 is 0 Å². The highest BCUT2D eigenvalue weighted by atomic mass is 16.5. The van der Waals surface area contributed by atoms with E-state index in [0.717, 1.165) is 12.0 Å². The van der Waals surface area contributed by atoms with Crippen molar-refractivity contribution in [1.29, 1.82) is 0 Å². The number of phenols is 1. The van der Waals surface area contributed by atoms with Crippen molar-refractivity contribution in [3.8, 4) is 16.9 Å². The first-order valence-electron chi connectivity index (χ1n) is 9.34. The first kappa shape index (κ1) is 17.3. The predicted molar refractivity (Wildman–Crippen MR) is 106 cm³/mol. The molecule has 0 unspecified atom stereocenters. The molecule has 0 saturated carbocycles. The van der Waals surface area contributed by atoms with Crippen LogP contribution < -0.4 is 0 Å². The normalized spacial score (nSPS) is 12.4. The Balaban J connectivity index is 1.35. The van der Waals surface area contributed by atoms with Crippen LogP contribution in [0.15, 0.2) is 72.8 Å². The monoisotopic (exact) mass is 358 g/mol. The molecule has 0 fully saturated rings. The van der Waals surface area contributed by atoms with Gasteiger partial charge in [0.1, 0.15) is 12.4 Å². The van der Waals surface area contributed by atoms with Gasteiger partial charge >= 0.3 is 5.97 Å². The number of hydrogen-bond acceptors (Lipinski definition) is 3. The summed E-state index contributed by atoms with van der Waals surface area (Å²) < 4.78 is 5.61. The lowest BCUT2D eigenvalue weighted by molar-refractivity contribution is -0.144. The largest absolute Gasteiger partial charge is 0.508 e. The van der Waals surface area contributed by atoms with Crippen LogP contribution in [0.2, 0.25) is 0 Å². The number of fused-ring (bicyclic) bond motifs is 3. The van der Waals surface area contributed by atoms with Crippen molar-refractivity contribution >= 4 is 5.97 Å². The summed E-state index contributed by atoms with van der Waals surface area (Å²) in [6.07, 6.45) is 1.84. The van der Waals surface area contributed by atoms with Gasteiger partial charge in [0.2, 0.25) is 0 Å². The number of carbonyl (C=O) groups excluding carboxylic acids is 1. The lowest BCUT2D eigenvalue weighted by atomic mass is 9.98. The SMILES string of the molecule is O=C(CCCc1cccc(O)c1)OCC1c2ccccc2-c2ccccc21. The highest BCUT2D eigenvalue weighted by Crippen LogP contribution is 2.44. The van der Waals surface area contributed by atoms with Crippen molar-refractivity contribution < 1.29 is 14.6 Å². The molecule has 0 atom stereocenters. The van der Waals surface area contributed by atoms with Gasteiger partial charge in [0, 0.05) is 12.3 Å². The van der Waals surface area contributed by atoms with Gasteiger partial charge in [-0.2, -0.15) is 0 Å². The fourth-order valence-electron chi connectivity index (χ4n) is 3.84. The number of hydrogen-bond donors (Lipinski definition) is 1. The van der Waals surface area contributed by atoms with Crippen molar-refractivity contribution in [1.82, 2.24) is 0 Å². The van der Waals surface area contributed by atoms with E-state index in [9.17, 15) is 9.90 Å². The van der Waals surface area contributed by atoms with Crippen LogP contribution in [-0.2, 0) is 16.0 Å². The third-order valence-electron chi connectivity index (χ3n) is 5.13. The Morgan fingerprint density at radius 1 is 0.889 bits per heavy atom. The van der Waals surface area contributed by atoms with Crippen LogP contribution in [-0.4, -0.2) is 17.7 Å². The van der Waals surface area contributed by atoms with Gasteiger partial charge in [-0.15, -0.1) is 0 Å². The van der Waals surface area contributed by atoms with Crippen molar-refractivity contribution in [2.24, 2.45) is 0 Å². The lowest BCUT2D eigenvalue weighted by Crippen LogP contribution is -2.12. The summed E-state index contributed by atoms with van der Waals surface area (Å²) >= 11 is 0. The highest BCUT2D eigenvalue weighted by molar-refractivity contribution is 5.79. The molecule has 0 amide bonds. The van der Waals surface area contributed by atoms with E-state index >= 15 is 0 Å². The first-order chi connectivity index (χ1) is 13.2. The van der Waals surface area contributed by atoms with E-state index in [4.69, 9.17) is 4.74 Å². The van der Waals surface area contributed by atoms with Crippen LogP contribution in [0.5, 0.6) is 5.75 Å². The van der Waals surface area contributed by atoms with E-state index in [-0.39, 0.29) is 17.6 Å². The van der Waals surface area contributed by atoms with Crippen LogP contribution in [0, 0.1) is 0 Å². The summed E-state index contributed by atoms with van der Waals surface area (Å²) in [5.74, 6) is 0.193. The molecular formula is C24H22O3. The average Bonchev–Trinajstić information content (AvgIpc) is 3.00. The van der Waals surface area contributed by atoms with E-state index in [1.807, 2.05) is 36.4 Å². The summed E-state index contributed by atoms with van der Waals surface area (Å²) in [4.78, 5) is 12.2. The molecule has 3 nitrogen and oxygen atoms in total. The molecule has 136 valence electrons. The summed E-state index contributed by atoms with van der Waals surface area (Å²) in [6, 6.07) is 23.8. The summed E-state index contributed by atoms with van der Waals surface area (Å²) in [6.45, 7) is 0.374. The summed E-state index contributed by atoms with van der Waals surface area (Å²) in [5.41, 5.74) is 5.95. The second-order valence-corrected chi connectivity index (χ2v) is 6.93. The van der Waals surface area contributed by atoms with Crippen molar-refractivity contribution in [2.45, 2.75) is 25.2 Å². The first-order valence-corrected chi connectivity index (χ1v) is 9.34. The molecule has 1 aliphatic carbocycles. The minimum absolute atomic E-state index is 0.104. The molecule has 0 saturated heterocycles. The van der Waals surface area contributed by atoms with Crippen LogP contribution in [0.3, 0.4) is 0 Å². The van der Waals surface area contributed by atoms with Crippen molar-refractivity contribution in [3.63, 3.8) is 0 Å². The second-order valence-electron chi connectivity index (χ2n) is 6.93. The number of carbonyl (C=O) groups is 1. The molecular weight excluding hydrogens is 336 g/mol. The molecule has 1 N–H and O–H groups in total. The molecule has 0 aromatic heterocycles. The highest BCUT2D eigenvalue weighted by Gasteiger charge is 2.28. The lowest BCUT2D eigenvalue weighted by Gasteiger charge is -2.14. The zero-order valence-corrected chi connectivity index (χ0v) is 15.1. The number of aromatic hydroxyl groups is 1. The van der Waals surface area contributed by atoms with Crippen LogP contribution in [0.1, 0.15) is 35.4 Å². The smallest absolute Gasteiger partial charge is 0.305 e. The van der Waals surface area contributed by atoms with Crippen LogP contribution in [0.25, 0.3) is 11.1 Å². The van der Waals surface area contributed by atoms with Gasteiger partial charge in [-0.3, -0.25) is 4.79 Å². The predicted octanol–water partition coefficient (Wildman–Crippen LogP) is 5.07. The zero-order valence-electron chi connectivity index (χ0n) is 15.1. The topological polar surface area (TPSA) is 46.5 Å². The van der Waals surface area contributed by atoms with Crippen molar-refractivity contribution in [2.75, 3.05) is 6.61 Å². The Kier molecular flexibility index (Phi) is 4.93. The fraction of sp³-hybridized carbons (Fsp3) is 0.208. The number of benzene rings is 3. The molecule has 3 aromatic rings. The van der Waals surface area contributed by atoms with E-state index in [2.05, 4.69) is 24.3 Å². The number of rotatable bonds is 6. The Bertz CT molecular complexity index is 916. The van der Waals surface area contributed by atoms with Crippen molar-refractivity contribution in [3.05, 3.63) is 89.5 Å². The second kappa shape index (κ2) is 7.67. The van der Waals surface area contributed by atoms with Gasteiger partial charge < -0.3 is 9.84 Å². The Morgan fingerprint density at radius 2 is 1.56 bits per heavy atom. The average molecular weight is 358 g/mol. The van der Waals surface area contributed by atoms with E-state index in [1.54, 1.807) is 12.1 Å². The molecule has 0 aliphatic heterocycles.